The monoisotopic (exact) mass is 330 g/mol. The van der Waals surface area contributed by atoms with Crippen molar-refractivity contribution in [3.05, 3.63) is 78.1 Å². The zero-order valence-corrected chi connectivity index (χ0v) is 13.9. The lowest BCUT2D eigenvalue weighted by Gasteiger charge is -2.22. The summed E-state index contributed by atoms with van der Waals surface area (Å²) in [5, 5.41) is 3.13. The van der Waals surface area contributed by atoms with Crippen LogP contribution in [0.25, 0.3) is 0 Å². The van der Waals surface area contributed by atoms with E-state index in [9.17, 15) is 4.79 Å². The van der Waals surface area contributed by atoms with Crippen LogP contribution < -0.4 is 10.2 Å². The van der Waals surface area contributed by atoms with Crippen LogP contribution in [0, 0.1) is 0 Å². The normalized spacial score (nSPS) is 15.7. The van der Waals surface area contributed by atoms with Gasteiger partial charge in [-0.3, -0.25) is 4.79 Å². The quantitative estimate of drug-likeness (QED) is 0.793. The minimum atomic E-state index is -0.101. The highest BCUT2D eigenvalue weighted by Crippen LogP contribution is 2.32. The Hall–Kier alpha value is -3.21. The van der Waals surface area contributed by atoms with Crippen LogP contribution in [0.2, 0.25) is 0 Å². The van der Waals surface area contributed by atoms with Crippen molar-refractivity contribution in [3.8, 4) is 0 Å². The summed E-state index contributed by atoms with van der Waals surface area (Å²) in [6.07, 6.45) is 2.47. The lowest BCUT2D eigenvalue weighted by molar-refractivity contribution is 0.0976. The van der Waals surface area contributed by atoms with E-state index in [1.807, 2.05) is 53.4 Å². The maximum absolute atomic E-state index is 13.0. The predicted molar refractivity (Wildman–Crippen MR) is 98.2 cm³/mol. The van der Waals surface area contributed by atoms with Gasteiger partial charge in [-0.1, -0.05) is 36.4 Å². The van der Waals surface area contributed by atoms with Crippen LogP contribution in [0.3, 0.4) is 0 Å². The zero-order valence-electron chi connectivity index (χ0n) is 13.9. The van der Waals surface area contributed by atoms with Gasteiger partial charge in [-0.25, -0.2) is 9.97 Å². The third kappa shape index (κ3) is 2.96. The minimum absolute atomic E-state index is 0.101. The lowest BCUT2D eigenvalue weighted by Crippen LogP contribution is -2.36. The Kier molecular flexibility index (Phi) is 3.90. The largest absolute Gasteiger partial charge is 0.324 e. The maximum Gasteiger partial charge on any atom is 0.277 e. The van der Waals surface area contributed by atoms with Crippen LogP contribution in [-0.4, -0.2) is 21.9 Å². The first-order chi connectivity index (χ1) is 12.2. The topological polar surface area (TPSA) is 58.1 Å². The second-order valence-corrected chi connectivity index (χ2v) is 6.11. The number of rotatable bonds is 3. The summed E-state index contributed by atoms with van der Waals surface area (Å²) < 4.78 is 0. The number of para-hydroxylation sites is 2. The second kappa shape index (κ2) is 6.36. The molecule has 0 fully saturated rings. The van der Waals surface area contributed by atoms with Crippen molar-refractivity contribution in [1.82, 2.24) is 9.97 Å². The Morgan fingerprint density at radius 3 is 2.68 bits per heavy atom. The van der Waals surface area contributed by atoms with Crippen molar-refractivity contribution < 1.29 is 4.79 Å². The first-order valence-corrected chi connectivity index (χ1v) is 8.29. The SMILES string of the molecule is CC1Cc2ccccc2N1C(=O)c1ccnc(Nc2ccccc2)n1. The second-order valence-electron chi connectivity index (χ2n) is 6.11. The maximum atomic E-state index is 13.0. The molecule has 0 saturated carbocycles. The molecular formula is C20H18N4O. The molecule has 5 nitrogen and oxygen atoms in total. The fourth-order valence-electron chi connectivity index (χ4n) is 3.19. The van der Waals surface area contributed by atoms with E-state index in [0.717, 1.165) is 17.8 Å². The van der Waals surface area contributed by atoms with Gasteiger partial charge < -0.3 is 10.2 Å². The van der Waals surface area contributed by atoms with Gasteiger partial charge in [-0.05, 0) is 43.2 Å². The van der Waals surface area contributed by atoms with Crippen LogP contribution in [0.1, 0.15) is 23.0 Å². The van der Waals surface area contributed by atoms with E-state index >= 15 is 0 Å². The van der Waals surface area contributed by atoms with E-state index < -0.39 is 0 Å². The molecule has 1 N–H and O–H groups in total. The van der Waals surface area contributed by atoms with Gasteiger partial charge in [0.05, 0.1) is 0 Å². The number of amides is 1. The van der Waals surface area contributed by atoms with Crippen LogP contribution in [-0.2, 0) is 6.42 Å². The molecule has 25 heavy (non-hydrogen) atoms. The molecule has 0 spiro atoms. The molecule has 1 aromatic heterocycles. The molecule has 2 heterocycles. The molecule has 0 aliphatic carbocycles. The molecule has 0 saturated heterocycles. The molecular weight excluding hydrogens is 312 g/mol. The summed E-state index contributed by atoms with van der Waals surface area (Å²) in [6.45, 7) is 2.06. The average Bonchev–Trinajstić information content (AvgIpc) is 2.98. The van der Waals surface area contributed by atoms with Gasteiger partial charge in [0.2, 0.25) is 5.95 Å². The molecule has 2 aromatic carbocycles. The number of aromatic nitrogens is 2. The molecule has 1 unspecified atom stereocenters. The zero-order chi connectivity index (χ0) is 17.2. The molecule has 1 amide bonds. The predicted octanol–water partition coefficient (Wildman–Crippen LogP) is 3.81. The standard InChI is InChI=1S/C20H18N4O/c1-14-13-15-7-5-6-10-18(15)24(14)19(25)17-11-12-21-20(23-17)22-16-8-3-2-4-9-16/h2-12,14H,13H2,1H3,(H,21,22,23). The Bertz CT molecular complexity index is 910. The van der Waals surface area contributed by atoms with E-state index in [1.165, 1.54) is 5.56 Å². The fraction of sp³-hybridized carbons (Fsp3) is 0.150. The molecule has 0 bridgehead atoms. The molecule has 1 atom stereocenters. The van der Waals surface area contributed by atoms with Gasteiger partial charge in [-0.15, -0.1) is 0 Å². The van der Waals surface area contributed by atoms with Crippen molar-refractivity contribution >= 4 is 23.2 Å². The third-order valence-corrected chi connectivity index (χ3v) is 4.33. The summed E-state index contributed by atoms with van der Waals surface area (Å²) in [7, 11) is 0. The van der Waals surface area contributed by atoms with Gasteiger partial charge in [0, 0.05) is 23.6 Å². The molecule has 124 valence electrons. The lowest BCUT2D eigenvalue weighted by atomic mass is 10.1. The van der Waals surface area contributed by atoms with Crippen LogP contribution in [0.15, 0.2) is 66.9 Å². The number of nitrogens with zero attached hydrogens (tertiary/aromatic N) is 3. The van der Waals surface area contributed by atoms with Gasteiger partial charge in [-0.2, -0.15) is 0 Å². The van der Waals surface area contributed by atoms with E-state index in [2.05, 4.69) is 28.3 Å². The molecule has 4 rings (SSSR count). The highest BCUT2D eigenvalue weighted by molar-refractivity contribution is 6.06. The number of carbonyl (C=O) groups is 1. The first-order valence-electron chi connectivity index (χ1n) is 8.29. The highest BCUT2D eigenvalue weighted by Gasteiger charge is 2.31. The Morgan fingerprint density at radius 2 is 1.84 bits per heavy atom. The number of nitrogens with one attached hydrogen (secondary N) is 1. The first kappa shape index (κ1) is 15.3. The van der Waals surface area contributed by atoms with Crippen LogP contribution >= 0.6 is 0 Å². The summed E-state index contributed by atoms with van der Waals surface area (Å²) in [4.78, 5) is 23.5. The number of carbonyl (C=O) groups excluding carboxylic acids is 1. The van der Waals surface area contributed by atoms with Crippen molar-refractivity contribution in [3.63, 3.8) is 0 Å². The van der Waals surface area contributed by atoms with Crippen LogP contribution in [0.5, 0.6) is 0 Å². The number of hydrogen-bond acceptors (Lipinski definition) is 4. The number of benzene rings is 2. The molecule has 3 aromatic rings. The average molecular weight is 330 g/mol. The summed E-state index contributed by atoms with van der Waals surface area (Å²) in [5.41, 5.74) is 3.43. The van der Waals surface area contributed by atoms with Gasteiger partial charge in [0.25, 0.3) is 5.91 Å². The van der Waals surface area contributed by atoms with Gasteiger partial charge in [0.1, 0.15) is 5.69 Å². The summed E-state index contributed by atoms with van der Waals surface area (Å²) in [5.74, 6) is 0.313. The highest BCUT2D eigenvalue weighted by atomic mass is 16.2. The Balaban J connectivity index is 1.62. The fourth-order valence-corrected chi connectivity index (χ4v) is 3.19. The Morgan fingerprint density at radius 1 is 1.08 bits per heavy atom. The van der Waals surface area contributed by atoms with E-state index in [1.54, 1.807) is 12.3 Å². The van der Waals surface area contributed by atoms with E-state index in [-0.39, 0.29) is 11.9 Å². The number of hydrogen-bond donors (Lipinski definition) is 1. The number of anilines is 3. The van der Waals surface area contributed by atoms with Crippen molar-refractivity contribution in [2.24, 2.45) is 0 Å². The molecule has 5 heteroatoms. The summed E-state index contributed by atoms with van der Waals surface area (Å²) in [6, 6.07) is 19.5. The third-order valence-electron chi connectivity index (χ3n) is 4.33. The van der Waals surface area contributed by atoms with Crippen LogP contribution in [0.4, 0.5) is 17.3 Å². The summed E-state index contributed by atoms with van der Waals surface area (Å²) >= 11 is 0. The van der Waals surface area contributed by atoms with Gasteiger partial charge in [0.15, 0.2) is 0 Å². The van der Waals surface area contributed by atoms with Crippen molar-refractivity contribution in [2.45, 2.75) is 19.4 Å². The minimum Gasteiger partial charge on any atom is -0.324 e. The Labute approximate surface area is 146 Å². The molecule has 0 radical (unpaired) electrons. The molecule has 1 aliphatic rings. The van der Waals surface area contributed by atoms with E-state index in [4.69, 9.17) is 0 Å². The van der Waals surface area contributed by atoms with E-state index in [0.29, 0.717) is 11.6 Å². The number of fused-ring (bicyclic) bond motifs is 1. The smallest absolute Gasteiger partial charge is 0.277 e. The van der Waals surface area contributed by atoms with Gasteiger partial charge >= 0.3 is 0 Å². The van der Waals surface area contributed by atoms with Crippen molar-refractivity contribution in [2.75, 3.05) is 10.2 Å². The molecule has 1 aliphatic heterocycles. The van der Waals surface area contributed by atoms with Crippen molar-refractivity contribution in [1.29, 1.82) is 0 Å².